The molecule has 3 rings (SSSR count). The van der Waals surface area contributed by atoms with E-state index in [2.05, 4.69) is 9.88 Å². The molecule has 2 aromatic rings. The van der Waals surface area contributed by atoms with Crippen molar-refractivity contribution >= 4 is 46.4 Å². The second kappa shape index (κ2) is 7.25. The summed E-state index contributed by atoms with van der Waals surface area (Å²) in [5, 5.41) is 0.281. The molecule has 0 saturated carbocycles. The number of halogens is 2. The Morgan fingerprint density at radius 3 is 2.79 bits per heavy atom. The first-order chi connectivity index (χ1) is 11.6. The topological polar surface area (TPSA) is 71.7 Å². The number of urea groups is 1. The average Bonchev–Trinajstić information content (AvgIpc) is 2.55. The fraction of sp³-hybridized carbons (Fsp3) is 0.250. The molecule has 24 heavy (non-hydrogen) atoms. The Labute approximate surface area is 149 Å². The first kappa shape index (κ1) is 16.8. The normalized spacial score (nSPS) is 17.6. The lowest BCUT2D eigenvalue weighted by molar-refractivity contribution is 0.0935. The highest BCUT2D eigenvalue weighted by atomic mass is 35.5. The number of amides is 2. The van der Waals surface area contributed by atoms with Crippen molar-refractivity contribution in [1.82, 2.24) is 4.98 Å². The Hall–Kier alpha value is -2.02. The van der Waals surface area contributed by atoms with E-state index in [0.717, 1.165) is 5.69 Å². The van der Waals surface area contributed by atoms with Crippen LogP contribution in [-0.2, 0) is 4.74 Å². The van der Waals surface area contributed by atoms with Crippen LogP contribution in [0.4, 0.5) is 22.0 Å². The van der Waals surface area contributed by atoms with Crippen LogP contribution in [0.25, 0.3) is 0 Å². The zero-order valence-corrected chi connectivity index (χ0v) is 14.2. The van der Waals surface area contributed by atoms with Gasteiger partial charge in [0, 0.05) is 6.54 Å². The van der Waals surface area contributed by atoms with Gasteiger partial charge in [-0.05, 0) is 24.3 Å². The number of carbonyl (C=O) groups excluding carboxylic acids is 1. The van der Waals surface area contributed by atoms with Crippen molar-refractivity contribution in [3.63, 3.8) is 0 Å². The predicted molar refractivity (Wildman–Crippen MR) is 95.2 cm³/mol. The molecule has 1 fully saturated rings. The zero-order chi connectivity index (χ0) is 17.1. The van der Waals surface area contributed by atoms with E-state index >= 15 is 0 Å². The molecule has 6 nitrogen and oxygen atoms in total. The van der Waals surface area contributed by atoms with Gasteiger partial charge in [-0.25, -0.2) is 14.7 Å². The number of pyridine rings is 1. The van der Waals surface area contributed by atoms with Crippen LogP contribution in [-0.4, -0.2) is 36.3 Å². The molecular formula is C16H16Cl2N4O2. The molecule has 8 heteroatoms. The highest BCUT2D eigenvalue weighted by molar-refractivity contribution is 6.29. The summed E-state index contributed by atoms with van der Waals surface area (Å²) in [6.45, 7) is 1.68. The Bertz CT molecular complexity index is 744. The van der Waals surface area contributed by atoms with Crippen LogP contribution in [0.1, 0.15) is 0 Å². The number of alkyl halides is 1. The summed E-state index contributed by atoms with van der Waals surface area (Å²) in [6, 6.07) is 11.8. The Morgan fingerprint density at radius 1 is 1.29 bits per heavy atom. The minimum Gasteiger partial charge on any atom is -0.364 e. The number of primary amides is 1. The number of benzene rings is 1. The number of anilines is 3. The number of nitrogens with zero attached hydrogens (tertiary/aromatic N) is 3. The molecule has 2 heterocycles. The van der Waals surface area contributed by atoms with Crippen LogP contribution in [0.3, 0.4) is 0 Å². The predicted octanol–water partition coefficient (Wildman–Crippen LogP) is 3.35. The van der Waals surface area contributed by atoms with Crippen molar-refractivity contribution in [3.8, 4) is 0 Å². The third-order valence-corrected chi connectivity index (χ3v) is 4.11. The molecule has 1 aromatic carbocycles. The molecule has 1 aromatic heterocycles. The minimum absolute atomic E-state index is 0.281. The van der Waals surface area contributed by atoms with Gasteiger partial charge >= 0.3 is 6.03 Å². The summed E-state index contributed by atoms with van der Waals surface area (Å²) in [6.07, 6.45) is 0. The van der Waals surface area contributed by atoms with Crippen molar-refractivity contribution in [2.75, 3.05) is 29.5 Å². The molecular weight excluding hydrogens is 351 g/mol. The number of nitrogens with two attached hydrogens (primary N) is 1. The molecule has 1 aliphatic rings. The van der Waals surface area contributed by atoms with E-state index in [1.54, 1.807) is 24.3 Å². The van der Waals surface area contributed by atoms with Crippen molar-refractivity contribution in [3.05, 3.63) is 47.6 Å². The third-order valence-electron chi connectivity index (χ3n) is 3.64. The van der Waals surface area contributed by atoms with Crippen molar-refractivity contribution < 1.29 is 9.53 Å². The summed E-state index contributed by atoms with van der Waals surface area (Å²) < 4.78 is 5.37. The lowest BCUT2D eigenvalue weighted by Crippen LogP contribution is -2.41. The smallest absolute Gasteiger partial charge is 0.325 e. The molecule has 0 aliphatic carbocycles. The second-order valence-electron chi connectivity index (χ2n) is 5.21. The maximum Gasteiger partial charge on any atom is 0.325 e. The number of aromatic nitrogens is 1. The summed E-state index contributed by atoms with van der Waals surface area (Å²) in [4.78, 5) is 19.7. The highest BCUT2D eigenvalue weighted by Gasteiger charge is 2.25. The van der Waals surface area contributed by atoms with Crippen LogP contribution in [0, 0.1) is 0 Å². The number of morpholine rings is 1. The van der Waals surface area contributed by atoms with E-state index in [1.165, 1.54) is 4.90 Å². The molecule has 0 radical (unpaired) electrons. The number of hydrogen-bond acceptors (Lipinski definition) is 4. The minimum atomic E-state index is -0.645. The number of ether oxygens (including phenoxy) is 1. The monoisotopic (exact) mass is 366 g/mol. The van der Waals surface area contributed by atoms with Crippen molar-refractivity contribution in [2.24, 2.45) is 5.73 Å². The molecule has 2 amide bonds. The Balaban J connectivity index is 2.04. The summed E-state index contributed by atoms with van der Waals surface area (Å²) in [5.74, 6) is 0.359. The van der Waals surface area contributed by atoms with Gasteiger partial charge in [-0.2, -0.15) is 0 Å². The fourth-order valence-corrected chi connectivity index (χ4v) is 3.04. The van der Waals surface area contributed by atoms with Gasteiger partial charge in [-0.15, -0.1) is 0 Å². The molecule has 1 saturated heterocycles. The Kier molecular flexibility index (Phi) is 5.08. The maximum absolute atomic E-state index is 12.1. The van der Waals surface area contributed by atoms with E-state index in [9.17, 15) is 4.79 Å². The van der Waals surface area contributed by atoms with E-state index in [4.69, 9.17) is 33.7 Å². The molecule has 0 spiro atoms. The molecule has 126 valence electrons. The summed E-state index contributed by atoms with van der Waals surface area (Å²) in [7, 11) is 0. The van der Waals surface area contributed by atoms with Gasteiger partial charge in [0.25, 0.3) is 0 Å². The number of carbonyl (C=O) groups is 1. The van der Waals surface area contributed by atoms with Gasteiger partial charge < -0.3 is 15.4 Å². The quantitative estimate of drug-likeness (QED) is 0.667. The van der Waals surface area contributed by atoms with Crippen LogP contribution < -0.4 is 15.5 Å². The SMILES string of the molecule is NC(=O)N(c1cccc(Cl)n1)c1ccccc1N1CCO[C@@H](Cl)C1. The first-order valence-electron chi connectivity index (χ1n) is 7.38. The van der Waals surface area contributed by atoms with Crippen LogP contribution in [0.2, 0.25) is 5.15 Å². The van der Waals surface area contributed by atoms with Crippen molar-refractivity contribution in [2.45, 2.75) is 5.56 Å². The molecule has 1 atom stereocenters. The third kappa shape index (κ3) is 3.56. The van der Waals surface area contributed by atoms with Crippen LogP contribution in [0.5, 0.6) is 0 Å². The fourth-order valence-electron chi connectivity index (χ4n) is 2.62. The molecule has 2 N–H and O–H groups in total. The summed E-state index contributed by atoms with van der Waals surface area (Å²) >= 11 is 12.0. The zero-order valence-electron chi connectivity index (χ0n) is 12.7. The molecule has 0 bridgehead atoms. The molecule has 1 aliphatic heterocycles. The largest absolute Gasteiger partial charge is 0.364 e. The lowest BCUT2D eigenvalue weighted by atomic mass is 10.2. The second-order valence-corrected chi connectivity index (χ2v) is 6.08. The van der Waals surface area contributed by atoms with Gasteiger partial charge in [0.15, 0.2) is 0 Å². The molecule has 0 unspecified atom stereocenters. The van der Waals surface area contributed by atoms with Crippen LogP contribution in [0.15, 0.2) is 42.5 Å². The average molecular weight is 367 g/mol. The lowest BCUT2D eigenvalue weighted by Gasteiger charge is -2.34. The van der Waals surface area contributed by atoms with Gasteiger partial charge in [-0.1, -0.05) is 41.4 Å². The van der Waals surface area contributed by atoms with Gasteiger partial charge in [0.05, 0.1) is 24.5 Å². The number of para-hydroxylation sites is 2. The van der Waals surface area contributed by atoms with E-state index in [1.807, 2.05) is 18.2 Å². The van der Waals surface area contributed by atoms with E-state index in [-0.39, 0.29) is 5.15 Å². The van der Waals surface area contributed by atoms with Crippen LogP contribution >= 0.6 is 23.2 Å². The maximum atomic E-state index is 12.1. The first-order valence-corrected chi connectivity index (χ1v) is 8.19. The Morgan fingerprint density at radius 2 is 2.08 bits per heavy atom. The number of rotatable bonds is 3. The van der Waals surface area contributed by atoms with Gasteiger partial charge in [0.2, 0.25) is 0 Å². The van der Waals surface area contributed by atoms with Crippen molar-refractivity contribution in [1.29, 1.82) is 0 Å². The summed E-state index contributed by atoms with van der Waals surface area (Å²) in [5.41, 5.74) is 6.65. The van der Waals surface area contributed by atoms with Gasteiger partial charge in [0.1, 0.15) is 16.5 Å². The van der Waals surface area contributed by atoms with E-state index in [0.29, 0.717) is 31.2 Å². The number of hydrogen-bond donors (Lipinski definition) is 1. The standard InChI is InChI=1S/C16H16Cl2N4O2/c17-13-6-3-7-15(20-13)22(16(19)23)12-5-2-1-4-11(12)21-8-9-24-14(18)10-21/h1-7,14H,8-10H2,(H2,19,23)/t14-/m1/s1. The highest BCUT2D eigenvalue weighted by Crippen LogP contribution is 2.35. The van der Waals surface area contributed by atoms with E-state index < -0.39 is 11.6 Å². The van der Waals surface area contributed by atoms with Gasteiger partial charge in [-0.3, -0.25) is 0 Å².